The minimum absolute atomic E-state index is 0.0597. The minimum Gasteiger partial charge on any atom is -0.365 e. The Morgan fingerprint density at radius 1 is 1.37 bits per heavy atom. The van der Waals surface area contributed by atoms with Gasteiger partial charge in [-0.2, -0.15) is 0 Å². The van der Waals surface area contributed by atoms with Gasteiger partial charge < -0.3 is 10.2 Å². The largest absolute Gasteiger partial charge is 0.365 e. The maximum atomic E-state index is 13.6. The van der Waals surface area contributed by atoms with Crippen LogP contribution in [-0.4, -0.2) is 24.7 Å². The molecule has 1 aromatic rings. The van der Waals surface area contributed by atoms with Crippen LogP contribution in [0.2, 0.25) is 0 Å². The molecule has 3 heteroatoms. The molecule has 1 aliphatic heterocycles. The first-order chi connectivity index (χ1) is 8.80. The number of rotatable bonds is 2. The van der Waals surface area contributed by atoms with E-state index in [0.717, 1.165) is 24.3 Å². The molecule has 1 unspecified atom stereocenters. The summed E-state index contributed by atoms with van der Waals surface area (Å²) in [5.41, 5.74) is 2.24. The normalized spacial score (nSPS) is 22.9. The predicted octanol–water partition coefficient (Wildman–Crippen LogP) is 3.35. The van der Waals surface area contributed by atoms with Crippen LogP contribution >= 0.6 is 0 Å². The van der Waals surface area contributed by atoms with E-state index in [1.807, 2.05) is 6.07 Å². The van der Waals surface area contributed by atoms with Crippen molar-refractivity contribution in [2.24, 2.45) is 5.92 Å². The predicted molar refractivity (Wildman–Crippen MR) is 79.2 cm³/mol. The molecule has 1 heterocycles. The molecule has 19 heavy (non-hydrogen) atoms. The van der Waals surface area contributed by atoms with Crippen LogP contribution in [0.25, 0.3) is 0 Å². The average Bonchev–Trinajstić information content (AvgIpc) is 2.30. The van der Waals surface area contributed by atoms with Crippen LogP contribution in [0.3, 0.4) is 0 Å². The lowest BCUT2D eigenvalue weighted by Gasteiger charge is -2.48. The van der Waals surface area contributed by atoms with Gasteiger partial charge in [0.1, 0.15) is 5.82 Å². The topological polar surface area (TPSA) is 15.3 Å². The summed E-state index contributed by atoms with van der Waals surface area (Å²) >= 11 is 0. The van der Waals surface area contributed by atoms with Crippen LogP contribution in [-0.2, 0) is 0 Å². The van der Waals surface area contributed by atoms with E-state index in [1.165, 1.54) is 6.07 Å². The van der Waals surface area contributed by atoms with Gasteiger partial charge in [-0.25, -0.2) is 4.39 Å². The molecule has 1 saturated heterocycles. The van der Waals surface area contributed by atoms with E-state index >= 15 is 0 Å². The molecule has 0 bridgehead atoms. The van der Waals surface area contributed by atoms with Gasteiger partial charge in [0.25, 0.3) is 0 Å². The summed E-state index contributed by atoms with van der Waals surface area (Å²) < 4.78 is 13.6. The number of piperazine rings is 1. The highest BCUT2D eigenvalue weighted by Gasteiger charge is 2.34. The van der Waals surface area contributed by atoms with Crippen LogP contribution in [0.5, 0.6) is 0 Å². The average molecular weight is 264 g/mol. The molecular weight excluding hydrogens is 239 g/mol. The van der Waals surface area contributed by atoms with E-state index in [-0.39, 0.29) is 11.4 Å². The number of nitrogens with one attached hydrogen (secondary N) is 1. The first kappa shape index (κ1) is 14.3. The fourth-order valence-electron chi connectivity index (χ4n) is 2.84. The summed E-state index contributed by atoms with van der Waals surface area (Å²) in [4.78, 5) is 2.37. The molecule has 0 spiro atoms. The first-order valence-corrected chi connectivity index (χ1v) is 7.08. The third kappa shape index (κ3) is 3.08. The lowest BCUT2D eigenvalue weighted by Crippen LogP contribution is -2.63. The second kappa shape index (κ2) is 5.12. The van der Waals surface area contributed by atoms with Gasteiger partial charge in [-0.1, -0.05) is 19.9 Å². The molecule has 0 aliphatic carbocycles. The number of halogens is 1. The maximum Gasteiger partial charge on any atom is 0.125 e. The summed E-state index contributed by atoms with van der Waals surface area (Å²) in [7, 11) is 0. The van der Waals surface area contributed by atoms with Crippen molar-refractivity contribution in [2.75, 3.05) is 18.0 Å². The Morgan fingerprint density at radius 3 is 2.68 bits per heavy atom. The van der Waals surface area contributed by atoms with Gasteiger partial charge in [0, 0.05) is 30.4 Å². The highest BCUT2D eigenvalue weighted by molar-refractivity contribution is 5.55. The van der Waals surface area contributed by atoms with Crippen molar-refractivity contribution in [3.8, 4) is 0 Å². The second-order valence-corrected chi connectivity index (χ2v) is 6.63. The maximum absolute atomic E-state index is 13.6. The Morgan fingerprint density at radius 2 is 2.05 bits per heavy atom. The van der Waals surface area contributed by atoms with Gasteiger partial charge >= 0.3 is 0 Å². The van der Waals surface area contributed by atoms with E-state index in [9.17, 15) is 4.39 Å². The smallest absolute Gasteiger partial charge is 0.125 e. The van der Waals surface area contributed by atoms with E-state index < -0.39 is 0 Å². The Labute approximate surface area is 116 Å². The molecule has 0 radical (unpaired) electrons. The fraction of sp³-hybridized carbons (Fsp3) is 0.625. The van der Waals surface area contributed by atoms with Crippen molar-refractivity contribution in [2.45, 2.75) is 46.2 Å². The lowest BCUT2D eigenvalue weighted by atomic mass is 9.92. The van der Waals surface area contributed by atoms with Crippen molar-refractivity contribution < 1.29 is 4.39 Å². The highest BCUT2D eigenvalue weighted by Crippen LogP contribution is 2.29. The van der Waals surface area contributed by atoms with Crippen molar-refractivity contribution in [1.82, 2.24) is 5.32 Å². The Kier molecular flexibility index (Phi) is 3.86. The Balaban J connectivity index is 2.39. The third-order valence-corrected chi connectivity index (χ3v) is 4.01. The summed E-state index contributed by atoms with van der Waals surface area (Å²) in [5.74, 6) is 0.380. The van der Waals surface area contributed by atoms with Gasteiger partial charge in [-0.15, -0.1) is 0 Å². The van der Waals surface area contributed by atoms with Crippen LogP contribution in [0.15, 0.2) is 18.2 Å². The van der Waals surface area contributed by atoms with E-state index in [2.05, 4.69) is 44.8 Å². The van der Waals surface area contributed by atoms with Gasteiger partial charge in [0.15, 0.2) is 0 Å². The highest BCUT2D eigenvalue weighted by atomic mass is 19.1. The van der Waals surface area contributed by atoms with Crippen LogP contribution in [0.4, 0.5) is 10.1 Å². The van der Waals surface area contributed by atoms with E-state index in [0.29, 0.717) is 12.0 Å². The number of hydrogen-bond acceptors (Lipinski definition) is 2. The summed E-state index contributed by atoms with van der Waals surface area (Å²) in [6.07, 6.45) is 0. The zero-order valence-corrected chi connectivity index (χ0v) is 12.6. The SMILES string of the molecule is Cc1ccc(F)cc1N1CC(C)(C)NCC1C(C)C. The molecule has 1 aromatic carbocycles. The molecule has 2 rings (SSSR count). The minimum atomic E-state index is -0.153. The molecule has 106 valence electrons. The van der Waals surface area contributed by atoms with Gasteiger partial charge in [0.2, 0.25) is 0 Å². The van der Waals surface area contributed by atoms with Crippen molar-refractivity contribution in [3.05, 3.63) is 29.6 Å². The summed E-state index contributed by atoms with van der Waals surface area (Å²) in [5, 5.41) is 3.59. The number of nitrogens with zero attached hydrogens (tertiary/aromatic N) is 1. The zero-order chi connectivity index (χ0) is 14.2. The standard InChI is InChI=1S/C16H25FN2/c1-11(2)15-9-18-16(4,5)10-19(15)14-8-13(17)7-6-12(14)3/h6-8,11,15,18H,9-10H2,1-5H3. The van der Waals surface area contributed by atoms with Crippen molar-refractivity contribution in [1.29, 1.82) is 0 Å². The molecule has 0 aromatic heterocycles. The number of benzene rings is 1. The molecule has 2 nitrogen and oxygen atoms in total. The van der Waals surface area contributed by atoms with Gasteiger partial charge in [-0.3, -0.25) is 0 Å². The number of anilines is 1. The zero-order valence-electron chi connectivity index (χ0n) is 12.6. The second-order valence-electron chi connectivity index (χ2n) is 6.63. The number of hydrogen-bond donors (Lipinski definition) is 1. The van der Waals surface area contributed by atoms with Gasteiger partial charge in [-0.05, 0) is 44.4 Å². The summed E-state index contributed by atoms with van der Waals surface area (Å²) in [6.45, 7) is 12.8. The van der Waals surface area contributed by atoms with Crippen LogP contribution in [0, 0.1) is 18.7 Å². The molecule has 1 fully saturated rings. The monoisotopic (exact) mass is 264 g/mol. The lowest BCUT2D eigenvalue weighted by molar-refractivity contribution is 0.277. The Bertz CT molecular complexity index is 454. The molecule has 1 atom stereocenters. The number of aryl methyl sites for hydroxylation is 1. The first-order valence-electron chi connectivity index (χ1n) is 7.08. The molecule has 1 N–H and O–H groups in total. The summed E-state index contributed by atoms with van der Waals surface area (Å²) in [6, 6.07) is 5.49. The molecule has 0 saturated carbocycles. The molecule has 1 aliphatic rings. The Hall–Kier alpha value is -1.09. The van der Waals surface area contributed by atoms with E-state index in [4.69, 9.17) is 0 Å². The van der Waals surface area contributed by atoms with E-state index in [1.54, 1.807) is 6.07 Å². The molecule has 0 amide bonds. The van der Waals surface area contributed by atoms with Gasteiger partial charge in [0.05, 0.1) is 0 Å². The molecular formula is C16H25FN2. The van der Waals surface area contributed by atoms with Crippen molar-refractivity contribution >= 4 is 5.69 Å². The van der Waals surface area contributed by atoms with Crippen molar-refractivity contribution in [3.63, 3.8) is 0 Å². The quantitative estimate of drug-likeness (QED) is 0.881. The third-order valence-electron chi connectivity index (χ3n) is 4.01. The van der Waals surface area contributed by atoms with Crippen LogP contribution in [0.1, 0.15) is 33.3 Å². The van der Waals surface area contributed by atoms with Crippen LogP contribution < -0.4 is 10.2 Å². The fourth-order valence-corrected chi connectivity index (χ4v) is 2.84.